The largest absolute Gasteiger partial charge is 0.329 e. The van der Waals surface area contributed by atoms with Crippen LogP contribution in [0.2, 0.25) is 0 Å². The highest BCUT2D eigenvalue weighted by molar-refractivity contribution is 4.93. The van der Waals surface area contributed by atoms with Gasteiger partial charge in [-0.2, -0.15) is 0 Å². The zero-order valence-electron chi connectivity index (χ0n) is 12.2. The summed E-state index contributed by atoms with van der Waals surface area (Å²) in [5.74, 6) is 0. The van der Waals surface area contributed by atoms with Gasteiger partial charge in [0.15, 0.2) is 0 Å². The van der Waals surface area contributed by atoms with E-state index in [1.54, 1.807) is 0 Å². The minimum atomic E-state index is 0.325. The number of nitrogens with two attached hydrogens (primary N) is 1. The third-order valence-corrected chi connectivity index (χ3v) is 5.05. The smallest absolute Gasteiger partial charge is 0.0332 e. The predicted molar refractivity (Wildman–Crippen MR) is 77.8 cm³/mol. The summed E-state index contributed by atoms with van der Waals surface area (Å²) in [6.07, 6.45) is 11.0. The summed E-state index contributed by atoms with van der Waals surface area (Å²) in [4.78, 5) is 5.20. The summed E-state index contributed by atoms with van der Waals surface area (Å²) < 4.78 is 0. The summed E-state index contributed by atoms with van der Waals surface area (Å²) in [6.45, 7) is 5.78. The highest BCUT2D eigenvalue weighted by Gasteiger charge is 2.35. The molecule has 2 N–H and O–H groups in total. The quantitative estimate of drug-likeness (QED) is 0.818. The number of nitrogens with zero attached hydrogens (tertiary/aromatic N) is 2. The molecule has 2 rings (SSSR count). The van der Waals surface area contributed by atoms with Crippen LogP contribution in [0.15, 0.2) is 0 Å². The van der Waals surface area contributed by atoms with Crippen molar-refractivity contribution in [1.82, 2.24) is 9.80 Å². The van der Waals surface area contributed by atoms with Crippen LogP contribution >= 0.6 is 0 Å². The molecule has 0 aromatic carbocycles. The second kappa shape index (κ2) is 6.88. The maximum absolute atomic E-state index is 6.22. The van der Waals surface area contributed by atoms with Crippen molar-refractivity contribution < 1.29 is 0 Å². The molecule has 1 aliphatic heterocycles. The molecule has 1 heterocycles. The Kier molecular flexibility index (Phi) is 5.46. The Hall–Kier alpha value is -0.120. The molecular formula is C15H31N3. The van der Waals surface area contributed by atoms with E-state index in [1.807, 2.05) is 0 Å². The van der Waals surface area contributed by atoms with Crippen LogP contribution in [0.1, 0.15) is 51.4 Å². The SMILES string of the molecule is CN1CCCN(C2(CN)CCCCCCC2)CC1. The molecule has 106 valence electrons. The van der Waals surface area contributed by atoms with Crippen molar-refractivity contribution in [2.75, 3.05) is 39.8 Å². The van der Waals surface area contributed by atoms with Crippen LogP contribution in [-0.2, 0) is 0 Å². The molecule has 0 aromatic heterocycles. The molecule has 1 aliphatic carbocycles. The first-order valence-electron chi connectivity index (χ1n) is 7.90. The van der Waals surface area contributed by atoms with E-state index in [1.165, 1.54) is 77.5 Å². The van der Waals surface area contributed by atoms with Crippen LogP contribution in [0, 0.1) is 0 Å². The lowest BCUT2D eigenvalue weighted by molar-refractivity contribution is 0.0708. The normalized spacial score (nSPS) is 28.3. The summed E-state index contributed by atoms with van der Waals surface area (Å²) in [5, 5.41) is 0. The van der Waals surface area contributed by atoms with Crippen molar-refractivity contribution >= 4 is 0 Å². The van der Waals surface area contributed by atoms with Crippen molar-refractivity contribution in [2.24, 2.45) is 5.73 Å². The second-order valence-corrected chi connectivity index (χ2v) is 6.34. The monoisotopic (exact) mass is 253 g/mol. The van der Waals surface area contributed by atoms with Gasteiger partial charge in [-0.15, -0.1) is 0 Å². The van der Waals surface area contributed by atoms with Crippen LogP contribution in [0.25, 0.3) is 0 Å². The van der Waals surface area contributed by atoms with E-state index in [4.69, 9.17) is 5.73 Å². The standard InChI is InChI=1S/C15H31N3/c1-17-10-7-11-18(13-12-17)15(14-16)8-5-3-2-4-6-9-15/h2-14,16H2,1H3. The number of hydrogen-bond donors (Lipinski definition) is 1. The molecule has 0 spiro atoms. The Morgan fingerprint density at radius 3 is 2.17 bits per heavy atom. The fourth-order valence-corrected chi connectivity index (χ4v) is 3.73. The minimum absolute atomic E-state index is 0.325. The fraction of sp³-hybridized carbons (Fsp3) is 1.00. The molecule has 1 saturated carbocycles. The van der Waals surface area contributed by atoms with E-state index >= 15 is 0 Å². The average Bonchev–Trinajstić information content (AvgIpc) is 2.55. The summed E-state index contributed by atoms with van der Waals surface area (Å²) in [7, 11) is 2.25. The Balaban J connectivity index is 2.03. The van der Waals surface area contributed by atoms with Crippen LogP contribution in [-0.4, -0.2) is 55.1 Å². The summed E-state index contributed by atoms with van der Waals surface area (Å²) >= 11 is 0. The molecule has 1 saturated heterocycles. The molecule has 2 aliphatic rings. The minimum Gasteiger partial charge on any atom is -0.329 e. The summed E-state index contributed by atoms with van der Waals surface area (Å²) in [6, 6.07) is 0. The lowest BCUT2D eigenvalue weighted by Gasteiger charge is -2.44. The highest BCUT2D eigenvalue weighted by atomic mass is 15.3. The first kappa shape index (κ1) is 14.3. The molecule has 0 radical (unpaired) electrons. The molecule has 3 heteroatoms. The number of hydrogen-bond acceptors (Lipinski definition) is 3. The van der Waals surface area contributed by atoms with E-state index in [2.05, 4.69) is 16.8 Å². The third kappa shape index (κ3) is 3.46. The molecule has 0 unspecified atom stereocenters. The molecule has 0 aromatic rings. The maximum atomic E-state index is 6.22. The predicted octanol–water partition coefficient (Wildman–Crippen LogP) is 2.07. The van der Waals surface area contributed by atoms with Crippen molar-refractivity contribution in [3.05, 3.63) is 0 Å². The second-order valence-electron chi connectivity index (χ2n) is 6.34. The molecule has 0 atom stereocenters. The van der Waals surface area contributed by atoms with E-state index in [-0.39, 0.29) is 0 Å². The van der Waals surface area contributed by atoms with Gasteiger partial charge >= 0.3 is 0 Å². The molecule has 0 bridgehead atoms. The summed E-state index contributed by atoms with van der Waals surface area (Å²) in [5.41, 5.74) is 6.54. The van der Waals surface area contributed by atoms with Crippen molar-refractivity contribution in [2.45, 2.75) is 56.9 Å². The topological polar surface area (TPSA) is 32.5 Å². The van der Waals surface area contributed by atoms with Crippen molar-refractivity contribution in [3.8, 4) is 0 Å². The molecular weight excluding hydrogens is 222 g/mol. The van der Waals surface area contributed by atoms with Crippen molar-refractivity contribution in [3.63, 3.8) is 0 Å². The van der Waals surface area contributed by atoms with Gasteiger partial charge in [0.2, 0.25) is 0 Å². The van der Waals surface area contributed by atoms with Gasteiger partial charge in [0.1, 0.15) is 0 Å². The zero-order valence-corrected chi connectivity index (χ0v) is 12.2. The fourth-order valence-electron chi connectivity index (χ4n) is 3.73. The highest BCUT2D eigenvalue weighted by Crippen LogP contribution is 2.31. The van der Waals surface area contributed by atoms with E-state index in [0.717, 1.165) is 6.54 Å². The van der Waals surface area contributed by atoms with Gasteiger partial charge in [-0.3, -0.25) is 4.90 Å². The molecule has 0 amide bonds. The number of likely N-dealkylation sites (N-methyl/N-ethyl adjacent to an activating group) is 1. The molecule has 2 fully saturated rings. The van der Waals surface area contributed by atoms with Gasteiger partial charge in [-0.05, 0) is 32.9 Å². The lowest BCUT2D eigenvalue weighted by atomic mass is 9.82. The van der Waals surface area contributed by atoms with Gasteiger partial charge in [-0.25, -0.2) is 0 Å². The van der Waals surface area contributed by atoms with Gasteiger partial charge < -0.3 is 10.6 Å². The van der Waals surface area contributed by atoms with Crippen LogP contribution in [0.3, 0.4) is 0 Å². The van der Waals surface area contributed by atoms with Gasteiger partial charge in [0.25, 0.3) is 0 Å². The van der Waals surface area contributed by atoms with Crippen molar-refractivity contribution in [1.29, 1.82) is 0 Å². The first-order valence-corrected chi connectivity index (χ1v) is 7.90. The van der Waals surface area contributed by atoms with Crippen LogP contribution in [0.5, 0.6) is 0 Å². The molecule has 18 heavy (non-hydrogen) atoms. The Morgan fingerprint density at radius 2 is 1.50 bits per heavy atom. The molecule has 3 nitrogen and oxygen atoms in total. The Labute approximate surface area is 113 Å². The van der Waals surface area contributed by atoms with Gasteiger partial charge in [0.05, 0.1) is 0 Å². The lowest BCUT2D eigenvalue weighted by Crippen LogP contribution is -2.55. The van der Waals surface area contributed by atoms with Gasteiger partial charge in [0, 0.05) is 31.7 Å². The third-order valence-electron chi connectivity index (χ3n) is 5.05. The van der Waals surface area contributed by atoms with Crippen LogP contribution in [0.4, 0.5) is 0 Å². The van der Waals surface area contributed by atoms with Gasteiger partial charge in [-0.1, -0.05) is 32.1 Å². The Morgan fingerprint density at radius 1 is 0.833 bits per heavy atom. The number of rotatable bonds is 2. The zero-order chi connectivity index (χ0) is 12.8. The average molecular weight is 253 g/mol. The van der Waals surface area contributed by atoms with E-state index < -0.39 is 0 Å². The maximum Gasteiger partial charge on any atom is 0.0332 e. The first-order chi connectivity index (χ1) is 8.77. The van der Waals surface area contributed by atoms with Crippen LogP contribution < -0.4 is 5.73 Å². The van der Waals surface area contributed by atoms with E-state index in [9.17, 15) is 0 Å². The Bertz CT molecular complexity index is 234. The van der Waals surface area contributed by atoms with E-state index in [0.29, 0.717) is 5.54 Å².